The van der Waals surface area contributed by atoms with E-state index in [2.05, 4.69) is 82.6 Å². The van der Waals surface area contributed by atoms with Crippen LogP contribution in [-0.4, -0.2) is 41.5 Å². The van der Waals surface area contributed by atoms with E-state index in [1.807, 2.05) is 35.1 Å². The molecule has 0 saturated carbocycles. The summed E-state index contributed by atoms with van der Waals surface area (Å²) in [4.78, 5) is 16.5. The zero-order chi connectivity index (χ0) is 32.7. The fraction of sp³-hybridized carbons (Fsp3) is 0.371. The highest BCUT2D eigenvalue weighted by Crippen LogP contribution is 2.08. The molecule has 49 heavy (non-hydrogen) atoms. The van der Waals surface area contributed by atoms with Crippen molar-refractivity contribution in [3.63, 3.8) is 0 Å². The monoisotopic (exact) mass is 708 g/mol. The van der Waals surface area contributed by atoms with Crippen molar-refractivity contribution in [3.8, 4) is 12.3 Å². The van der Waals surface area contributed by atoms with Crippen LogP contribution in [0.1, 0.15) is 67.7 Å². The number of hydrogen-bond acceptors (Lipinski definition) is 7. The Hall–Kier alpha value is -4.95. The molecule has 0 atom stereocenters. The maximum atomic E-state index is 8.02. The summed E-state index contributed by atoms with van der Waals surface area (Å²) in [5.41, 5.74) is 24.8. The van der Waals surface area contributed by atoms with Crippen molar-refractivity contribution in [2.45, 2.75) is 78.2 Å². The SMILES string of the molecule is C.C#CCCCc1cnc(N)[nH]1.Cl.Cl.Nc1ncc(CCCc2cn(CCCc3ccccc3)nn2)[nH]1.[N-]=[N+]=NCCCc1ccccc1. The highest BCUT2D eigenvalue weighted by atomic mass is 35.5. The minimum Gasteiger partial charge on any atom is -0.369 e. The van der Waals surface area contributed by atoms with Crippen molar-refractivity contribution in [2.75, 3.05) is 18.0 Å². The number of aromatic amines is 2. The number of azide groups is 1. The first-order valence-electron chi connectivity index (χ1n) is 15.6. The van der Waals surface area contributed by atoms with Gasteiger partial charge in [0.05, 0.1) is 18.1 Å². The Morgan fingerprint density at radius 1 is 0.776 bits per heavy atom. The number of hydrogen-bond donors (Lipinski definition) is 4. The Morgan fingerprint density at radius 2 is 1.33 bits per heavy atom. The van der Waals surface area contributed by atoms with Gasteiger partial charge in [-0.3, -0.25) is 4.68 Å². The number of unbranched alkanes of at least 4 members (excludes halogenated alkanes) is 1. The predicted octanol–water partition coefficient (Wildman–Crippen LogP) is 7.75. The van der Waals surface area contributed by atoms with E-state index < -0.39 is 0 Å². The minimum absolute atomic E-state index is 0. The molecule has 0 bridgehead atoms. The van der Waals surface area contributed by atoms with Crippen LogP contribution in [0.5, 0.6) is 0 Å². The molecule has 2 aromatic carbocycles. The molecule has 0 aliphatic carbocycles. The van der Waals surface area contributed by atoms with Crippen LogP contribution in [0, 0.1) is 12.3 Å². The standard InChI is InChI=1S/C17H22N6.C9H11N3.C8H11N3.CH4.2ClH/c18-17-19-12-15(20-17)9-4-10-16-13-23(22-21-16)11-5-8-14-6-2-1-3-7-14;10-12-11-8-4-7-9-5-2-1-3-6-9;1-2-3-4-5-7-6-10-8(9)11-7;;;/h1-3,6-7,12-13H,4-5,8-11H2,(H3,18,19,20);1-3,5-6H,4,7-8H2;1,6H,3-5H2,(H3,9,10,11);1H4;2*1H. The number of nitrogens with two attached hydrogens (primary N) is 2. The number of anilines is 2. The topological polar surface area (TPSA) is 189 Å². The van der Waals surface area contributed by atoms with E-state index in [4.69, 9.17) is 23.4 Å². The van der Waals surface area contributed by atoms with E-state index in [1.54, 1.807) is 12.4 Å². The van der Waals surface area contributed by atoms with Crippen molar-refractivity contribution in [1.29, 1.82) is 0 Å². The summed E-state index contributed by atoms with van der Waals surface area (Å²) < 4.78 is 1.94. The molecule has 5 aromatic rings. The van der Waals surface area contributed by atoms with Gasteiger partial charge in [-0.25, -0.2) is 9.97 Å². The number of benzene rings is 2. The maximum absolute atomic E-state index is 8.02. The van der Waals surface area contributed by atoms with Gasteiger partial charge in [0.1, 0.15) is 0 Å². The molecule has 0 fully saturated rings. The van der Waals surface area contributed by atoms with Crippen LogP contribution in [0.4, 0.5) is 11.9 Å². The van der Waals surface area contributed by atoms with Gasteiger partial charge in [-0.1, -0.05) is 78.4 Å². The fourth-order valence-corrected chi connectivity index (χ4v) is 4.54. The number of aromatic nitrogens is 7. The molecule has 0 amide bonds. The summed E-state index contributed by atoms with van der Waals surface area (Å²) in [6.07, 6.45) is 20.3. The van der Waals surface area contributed by atoms with Crippen LogP contribution in [0.25, 0.3) is 10.4 Å². The summed E-state index contributed by atoms with van der Waals surface area (Å²) >= 11 is 0. The molecule has 0 aliphatic rings. The number of imidazole rings is 2. The number of rotatable bonds is 15. The van der Waals surface area contributed by atoms with E-state index >= 15 is 0 Å². The Bertz CT molecular complexity index is 1600. The molecule has 0 saturated heterocycles. The van der Waals surface area contributed by atoms with Crippen LogP contribution in [-0.2, 0) is 38.6 Å². The first kappa shape index (κ1) is 44.0. The minimum atomic E-state index is 0. The normalized spacial score (nSPS) is 9.45. The first-order valence-corrected chi connectivity index (χ1v) is 15.6. The average Bonchev–Trinajstić information content (AvgIpc) is 3.83. The first-order chi connectivity index (χ1) is 22.6. The van der Waals surface area contributed by atoms with Crippen LogP contribution in [0.2, 0.25) is 0 Å². The van der Waals surface area contributed by atoms with Gasteiger partial charge in [0, 0.05) is 42.0 Å². The van der Waals surface area contributed by atoms with Gasteiger partial charge in [-0.05, 0) is 74.4 Å². The number of H-pyrrole nitrogens is 2. The lowest BCUT2D eigenvalue weighted by molar-refractivity contribution is 0.558. The quantitative estimate of drug-likeness (QED) is 0.0283. The molecule has 0 unspecified atom stereocenters. The van der Waals surface area contributed by atoms with Crippen LogP contribution < -0.4 is 11.5 Å². The van der Waals surface area contributed by atoms with Gasteiger partial charge >= 0.3 is 0 Å². The molecule has 14 heteroatoms. The van der Waals surface area contributed by atoms with E-state index in [9.17, 15) is 0 Å². The van der Waals surface area contributed by atoms with Crippen LogP contribution in [0.3, 0.4) is 0 Å². The lowest BCUT2D eigenvalue weighted by Gasteiger charge is -2.01. The van der Waals surface area contributed by atoms with Crippen LogP contribution >= 0.6 is 24.8 Å². The summed E-state index contributed by atoms with van der Waals surface area (Å²) in [5, 5.41) is 11.9. The molecule has 5 rings (SSSR count). The van der Waals surface area contributed by atoms with Gasteiger partial charge in [-0.15, -0.1) is 42.3 Å². The second-order valence-corrected chi connectivity index (χ2v) is 10.6. The summed E-state index contributed by atoms with van der Waals surface area (Å²) in [7, 11) is 0. The van der Waals surface area contributed by atoms with E-state index in [1.165, 1.54) is 11.1 Å². The number of nitrogens with zero attached hydrogens (tertiary/aromatic N) is 8. The van der Waals surface area contributed by atoms with E-state index in [-0.39, 0.29) is 32.2 Å². The van der Waals surface area contributed by atoms with Gasteiger partial charge in [0.2, 0.25) is 0 Å². The van der Waals surface area contributed by atoms with Gasteiger partial charge in [-0.2, -0.15) is 0 Å². The van der Waals surface area contributed by atoms with Crippen molar-refractivity contribution < 1.29 is 0 Å². The number of nitrogens with one attached hydrogen (secondary N) is 2. The number of terminal acetylenes is 1. The average molecular weight is 710 g/mol. The maximum Gasteiger partial charge on any atom is 0.197 e. The van der Waals surface area contributed by atoms with E-state index in [0.29, 0.717) is 18.4 Å². The number of halogens is 2. The second-order valence-electron chi connectivity index (χ2n) is 10.6. The van der Waals surface area contributed by atoms with Crippen molar-refractivity contribution in [2.24, 2.45) is 5.11 Å². The molecule has 264 valence electrons. The molecule has 3 heterocycles. The lowest BCUT2D eigenvalue weighted by atomic mass is 10.1. The Balaban J connectivity index is 0.000000756. The third-order valence-corrected chi connectivity index (χ3v) is 6.85. The molecule has 0 aliphatic heterocycles. The zero-order valence-corrected chi connectivity index (χ0v) is 28.8. The Labute approximate surface area is 302 Å². The van der Waals surface area contributed by atoms with Crippen molar-refractivity contribution >= 4 is 36.7 Å². The van der Waals surface area contributed by atoms with Gasteiger partial charge in [0.15, 0.2) is 11.9 Å². The van der Waals surface area contributed by atoms with Crippen molar-refractivity contribution in [1.82, 2.24) is 34.9 Å². The predicted molar refractivity (Wildman–Crippen MR) is 205 cm³/mol. The third-order valence-electron chi connectivity index (χ3n) is 6.85. The smallest absolute Gasteiger partial charge is 0.197 e. The largest absolute Gasteiger partial charge is 0.369 e. The number of aryl methyl sites for hydroxylation is 6. The second kappa shape index (κ2) is 27.0. The van der Waals surface area contributed by atoms with Crippen molar-refractivity contribution in [3.05, 3.63) is 118 Å². The zero-order valence-electron chi connectivity index (χ0n) is 27.1. The summed E-state index contributed by atoms with van der Waals surface area (Å²) in [5.74, 6) is 3.53. The third kappa shape index (κ3) is 19.5. The molecule has 12 nitrogen and oxygen atoms in total. The highest BCUT2D eigenvalue weighted by molar-refractivity contribution is 5.85. The lowest BCUT2D eigenvalue weighted by Crippen LogP contribution is -2.00. The van der Waals surface area contributed by atoms with Gasteiger partial charge in [0.25, 0.3) is 0 Å². The Morgan fingerprint density at radius 3 is 1.84 bits per heavy atom. The molecular formula is C35H50Cl2N12. The molecule has 0 spiro atoms. The van der Waals surface area contributed by atoms with Gasteiger partial charge < -0.3 is 21.4 Å². The molecule has 3 aromatic heterocycles. The summed E-state index contributed by atoms with van der Waals surface area (Å²) in [6, 6.07) is 20.7. The molecular weight excluding hydrogens is 659 g/mol. The molecule has 0 radical (unpaired) electrons. The van der Waals surface area contributed by atoms with Crippen LogP contribution in [0.15, 0.2) is 84.4 Å². The summed E-state index contributed by atoms with van der Waals surface area (Å²) in [6.45, 7) is 1.49. The number of nitrogen functional groups attached to an aromatic ring is 2. The van der Waals surface area contributed by atoms with E-state index in [0.717, 1.165) is 87.8 Å². The fourth-order valence-electron chi connectivity index (χ4n) is 4.54. The highest BCUT2D eigenvalue weighted by Gasteiger charge is 2.03. The Kier molecular flexibility index (Phi) is 24.3. The molecule has 6 N–H and O–H groups in total.